The first-order valence-electron chi connectivity index (χ1n) is 10.3. The number of carbonyl (C=O) groups excluding carboxylic acids is 1. The van der Waals surface area contributed by atoms with Crippen LogP contribution in [0.4, 0.5) is 13.2 Å². The highest BCUT2D eigenvalue weighted by molar-refractivity contribution is 5.99. The monoisotopic (exact) mass is 425 g/mol. The van der Waals surface area contributed by atoms with Gasteiger partial charge in [-0.15, -0.1) is 0 Å². The standard InChI is InChI=1S/C21H26F3N3O3/c22-21(23,24)14-27-18-4-3-17(30-13-15-2-1-5-25-12-15)10-16(18)11-19(27)20(28)26-6-8-29-9-7-26/h3-4,10-11,15,25H,1-2,5-9,12-14H2/t15-/m1/s1. The van der Waals surface area contributed by atoms with E-state index in [0.717, 1.165) is 30.5 Å². The third-order valence-electron chi connectivity index (χ3n) is 5.61. The summed E-state index contributed by atoms with van der Waals surface area (Å²) >= 11 is 0. The fraction of sp³-hybridized carbons (Fsp3) is 0.571. The lowest BCUT2D eigenvalue weighted by Crippen LogP contribution is -2.41. The summed E-state index contributed by atoms with van der Waals surface area (Å²) in [6.07, 6.45) is -2.23. The third-order valence-corrected chi connectivity index (χ3v) is 5.61. The van der Waals surface area contributed by atoms with Gasteiger partial charge in [-0.1, -0.05) is 0 Å². The molecule has 0 spiro atoms. The molecular formula is C21H26F3N3O3. The number of fused-ring (bicyclic) bond motifs is 1. The number of rotatable bonds is 5. The van der Waals surface area contributed by atoms with E-state index < -0.39 is 18.6 Å². The van der Waals surface area contributed by atoms with Gasteiger partial charge in [-0.2, -0.15) is 13.2 Å². The van der Waals surface area contributed by atoms with Gasteiger partial charge in [0.05, 0.1) is 19.8 Å². The quantitative estimate of drug-likeness (QED) is 0.800. The van der Waals surface area contributed by atoms with E-state index >= 15 is 0 Å². The van der Waals surface area contributed by atoms with Crippen molar-refractivity contribution in [3.05, 3.63) is 30.0 Å². The Morgan fingerprint density at radius 1 is 1.23 bits per heavy atom. The molecule has 0 saturated carbocycles. The summed E-state index contributed by atoms with van der Waals surface area (Å²) in [6, 6.07) is 6.53. The summed E-state index contributed by atoms with van der Waals surface area (Å²) in [5.41, 5.74) is 0.411. The molecular weight excluding hydrogens is 399 g/mol. The van der Waals surface area contributed by atoms with Crippen LogP contribution in [0.5, 0.6) is 5.75 Å². The molecule has 4 rings (SSSR count). The van der Waals surface area contributed by atoms with E-state index in [0.29, 0.717) is 55.5 Å². The molecule has 0 unspecified atom stereocenters. The Morgan fingerprint density at radius 2 is 2.03 bits per heavy atom. The lowest BCUT2D eigenvalue weighted by Gasteiger charge is -2.27. The Bertz CT molecular complexity index is 885. The number of aromatic nitrogens is 1. The highest BCUT2D eigenvalue weighted by atomic mass is 19.4. The van der Waals surface area contributed by atoms with Crippen molar-refractivity contribution in [3.63, 3.8) is 0 Å². The van der Waals surface area contributed by atoms with Gasteiger partial charge in [-0.05, 0) is 43.7 Å². The molecule has 1 aromatic heterocycles. The molecule has 2 fully saturated rings. The SMILES string of the molecule is O=C(c1cc2cc(OC[C@@H]3CCCNC3)ccc2n1CC(F)(F)F)N1CCOCC1. The Hall–Kier alpha value is -2.26. The van der Waals surface area contributed by atoms with Crippen LogP contribution in [-0.2, 0) is 11.3 Å². The normalized spacial score (nSPS) is 20.5. The Morgan fingerprint density at radius 3 is 2.73 bits per heavy atom. The molecule has 0 radical (unpaired) electrons. The summed E-state index contributed by atoms with van der Waals surface area (Å²) in [7, 11) is 0. The molecule has 1 aromatic carbocycles. The van der Waals surface area contributed by atoms with Crippen molar-refractivity contribution < 1.29 is 27.4 Å². The zero-order valence-corrected chi connectivity index (χ0v) is 16.7. The average Bonchev–Trinajstić information content (AvgIpc) is 3.09. The van der Waals surface area contributed by atoms with E-state index in [1.165, 1.54) is 11.0 Å². The molecule has 1 atom stereocenters. The molecule has 1 N–H and O–H groups in total. The number of nitrogens with zero attached hydrogens (tertiary/aromatic N) is 2. The van der Waals surface area contributed by atoms with Crippen molar-refractivity contribution in [1.29, 1.82) is 0 Å². The minimum Gasteiger partial charge on any atom is -0.493 e. The van der Waals surface area contributed by atoms with Crippen LogP contribution < -0.4 is 10.1 Å². The van der Waals surface area contributed by atoms with Crippen LogP contribution in [0.1, 0.15) is 23.3 Å². The maximum atomic E-state index is 13.2. The number of benzene rings is 1. The number of ether oxygens (including phenoxy) is 2. The van der Waals surface area contributed by atoms with Gasteiger partial charge in [-0.3, -0.25) is 4.79 Å². The third kappa shape index (κ3) is 4.89. The van der Waals surface area contributed by atoms with Crippen LogP contribution in [0.15, 0.2) is 24.3 Å². The summed E-state index contributed by atoms with van der Waals surface area (Å²) in [5.74, 6) is 0.611. The van der Waals surface area contributed by atoms with Gasteiger partial charge in [0.25, 0.3) is 5.91 Å². The number of hydrogen-bond donors (Lipinski definition) is 1. The lowest BCUT2D eigenvalue weighted by molar-refractivity contribution is -0.140. The van der Waals surface area contributed by atoms with Crippen molar-refractivity contribution in [2.75, 3.05) is 46.0 Å². The molecule has 2 aliphatic heterocycles. The zero-order valence-electron chi connectivity index (χ0n) is 16.7. The number of carbonyl (C=O) groups is 1. The first-order chi connectivity index (χ1) is 14.4. The summed E-state index contributed by atoms with van der Waals surface area (Å²) in [4.78, 5) is 14.5. The van der Waals surface area contributed by atoms with E-state index in [4.69, 9.17) is 9.47 Å². The number of nitrogens with one attached hydrogen (secondary N) is 1. The maximum Gasteiger partial charge on any atom is 0.406 e. The first-order valence-corrected chi connectivity index (χ1v) is 10.3. The fourth-order valence-electron chi connectivity index (χ4n) is 4.07. The molecule has 0 aliphatic carbocycles. The van der Waals surface area contributed by atoms with Crippen molar-refractivity contribution >= 4 is 16.8 Å². The van der Waals surface area contributed by atoms with Gasteiger partial charge < -0.3 is 24.3 Å². The number of halogens is 3. The van der Waals surface area contributed by atoms with Crippen LogP contribution >= 0.6 is 0 Å². The number of morpholine rings is 1. The highest BCUT2D eigenvalue weighted by Crippen LogP contribution is 2.29. The topological polar surface area (TPSA) is 55.7 Å². The molecule has 0 bridgehead atoms. The lowest BCUT2D eigenvalue weighted by atomic mass is 10.0. The van der Waals surface area contributed by atoms with Gasteiger partial charge in [-0.25, -0.2) is 0 Å². The Balaban J connectivity index is 1.60. The smallest absolute Gasteiger partial charge is 0.406 e. The molecule has 3 heterocycles. The van der Waals surface area contributed by atoms with Crippen LogP contribution in [0.3, 0.4) is 0 Å². The van der Waals surface area contributed by atoms with Crippen LogP contribution in [-0.4, -0.2) is 67.6 Å². The van der Waals surface area contributed by atoms with Crippen molar-refractivity contribution in [2.24, 2.45) is 5.92 Å². The number of amides is 1. The molecule has 6 nitrogen and oxygen atoms in total. The number of piperidine rings is 1. The largest absolute Gasteiger partial charge is 0.493 e. The second kappa shape index (κ2) is 8.85. The first kappa shape index (κ1) is 21.0. The molecule has 1 amide bonds. The van der Waals surface area contributed by atoms with Crippen molar-refractivity contribution in [3.8, 4) is 5.75 Å². The number of alkyl halides is 3. The maximum absolute atomic E-state index is 13.2. The van der Waals surface area contributed by atoms with Crippen LogP contribution in [0.2, 0.25) is 0 Å². The molecule has 30 heavy (non-hydrogen) atoms. The van der Waals surface area contributed by atoms with E-state index in [2.05, 4.69) is 5.32 Å². The highest BCUT2D eigenvalue weighted by Gasteiger charge is 2.32. The Labute approximate surface area is 172 Å². The van der Waals surface area contributed by atoms with Gasteiger partial charge in [0.1, 0.15) is 18.0 Å². The predicted molar refractivity (Wildman–Crippen MR) is 106 cm³/mol. The average molecular weight is 425 g/mol. The van der Waals surface area contributed by atoms with Crippen LogP contribution in [0.25, 0.3) is 10.9 Å². The van der Waals surface area contributed by atoms with Crippen molar-refractivity contribution in [1.82, 2.24) is 14.8 Å². The van der Waals surface area contributed by atoms with Gasteiger partial charge in [0.15, 0.2) is 0 Å². The van der Waals surface area contributed by atoms with Crippen LogP contribution in [0, 0.1) is 5.92 Å². The minimum atomic E-state index is -4.44. The Kier molecular flexibility index (Phi) is 6.19. The molecule has 2 aliphatic rings. The predicted octanol–water partition coefficient (Wildman–Crippen LogP) is 3.05. The van der Waals surface area contributed by atoms with E-state index in [-0.39, 0.29) is 5.69 Å². The van der Waals surface area contributed by atoms with E-state index in [1.807, 2.05) is 0 Å². The van der Waals surface area contributed by atoms with E-state index in [1.54, 1.807) is 18.2 Å². The molecule has 2 saturated heterocycles. The fourth-order valence-corrected chi connectivity index (χ4v) is 4.07. The van der Waals surface area contributed by atoms with Gasteiger partial charge in [0.2, 0.25) is 0 Å². The van der Waals surface area contributed by atoms with E-state index in [9.17, 15) is 18.0 Å². The van der Waals surface area contributed by atoms with Gasteiger partial charge in [0, 0.05) is 36.5 Å². The summed E-state index contributed by atoms with van der Waals surface area (Å²) in [5, 5.41) is 3.90. The molecule has 164 valence electrons. The molecule has 9 heteroatoms. The second-order valence-corrected chi connectivity index (χ2v) is 7.88. The van der Waals surface area contributed by atoms with Crippen molar-refractivity contribution in [2.45, 2.75) is 25.6 Å². The van der Waals surface area contributed by atoms with Gasteiger partial charge >= 0.3 is 6.18 Å². The number of hydrogen-bond acceptors (Lipinski definition) is 4. The second-order valence-electron chi connectivity index (χ2n) is 7.88. The minimum absolute atomic E-state index is 0.0397. The zero-order chi connectivity index (χ0) is 21.1. The summed E-state index contributed by atoms with van der Waals surface area (Å²) < 4.78 is 51.9. The molecule has 2 aromatic rings. The summed E-state index contributed by atoms with van der Waals surface area (Å²) in [6.45, 7) is 2.79.